The molecule has 1 saturated carbocycles. The highest BCUT2D eigenvalue weighted by Gasteiger charge is 2.67. The van der Waals surface area contributed by atoms with Gasteiger partial charge in [0.2, 0.25) is 15.9 Å². The van der Waals surface area contributed by atoms with Crippen molar-refractivity contribution in [2.75, 3.05) is 17.6 Å². The third kappa shape index (κ3) is 8.13. The van der Waals surface area contributed by atoms with E-state index in [1.54, 1.807) is 24.3 Å². The predicted octanol–water partition coefficient (Wildman–Crippen LogP) is 7.69. The Kier molecular flexibility index (Phi) is 11.1. The van der Waals surface area contributed by atoms with Crippen LogP contribution in [0.1, 0.15) is 58.7 Å². The van der Waals surface area contributed by atoms with Gasteiger partial charge >= 0.3 is 0 Å². The number of methoxy groups -OCH3 is 1. The number of halogens is 8. The van der Waals surface area contributed by atoms with Crippen molar-refractivity contribution in [3.63, 3.8) is 0 Å². The number of carbonyl (C=O) groups excluding carboxylic acids is 1. The minimum absolute atomic E-state index is 0.00551. The standard InChI is InChI=1S/C42H33Cl2F6N9O5S/c1-57-35-29(9-8-27(43)33(35)39(55-57)56-65(62,63)12-11-19-3-5-23(64-2)6-4-19)59-40(53-38-24(41(59)61)7-10-30(44)52-38)28(15-20-13-21(45)16-22(46)14-20)51-31(60)18-58-36-32(34(54-58)37(47)48)25-17-26(25)42(36,49)50/h3-10,13-14,16,25-26,28,37H,11-12,15,17-18H2,1-2H3,(H,51,60)(H,55,56)/t25-,26+,28-/m0/s1. The molecule has 1 fully saturated rings. The van der Waals surface area contributed by atoms with Gasteiger partial charge in [0.25, 0.3) is 17.9 Å². The maximum Gasteiger partial charge on any atom is 0.293 e. The van der Waals surface area contributed by atoms with E-state index in [0.717, 1.165) is 16.7 Å². The minimum Gasteiger partial charge on any atom is -0.497 e. The number of nitrogens with one attached hydrogen (secondary N) is 2. The van der Waals surface area contributed by atoms with E-state index < -0.39 is 87.7 Å². The number of pyridine rings is 1. The van der Waals surface area contributed by atoms with Gasteiger partial charge in [-0.25, -0.2) is 35.9 Å². The summed E-state index contributed by atoms with van der Waals surface area (Å²) in [6.45, 7) is -1.01. The lowest BCUT2D eigenvalue weighted by atomic mass is 10.0. The Labute approximate surface area is 374 Å². The normalized spacial score (nSPS) is 16.8. The Hall–Kier alpha value is -6.19. The van der Waals surface area contributed by atoms with Crippen LogP contribution in [-0.2, 0) is 47.2 Å². The van der Waals surface area contributed by atoms with Crippen molar-refractivity contribution in [3.8, 4) is 11.4 Å². The Bertz CT molecular complexity index is 3240. The van der Waals surface area contributed by atoms with Crippen LogP contribution in [0.25, 0.3) is 27.6 Å². The second-order valence-corrected chi connectivity index (χ2v) is 18.3. The third-order valence-corrected chi connectivity index (χ3v) is 13.2. The molecular weight excluding hydrogens is 927 g/mol. The van der Waals surface area contributed by atoms with Crippen molar-refractivity contribution >= 4 is 66.9 Å². The molecule has 0 bridgehead atoms. The molecule has 0 aliphatic heterocycles. The number of alkyl halides is 4. The maximum absolute atomic E-state index is 15.5. The van der Waals surface area contributed by atoms with Gasteiger partial charge < -0.3 is 10.1 Å². The number of hydrogen-bond acceptors (Lipinski definition) is 9. The molecule has 0 spiro atoms. The van der Waals surface area contributed by atoms with E-state index in [9.17, 15) is 35.6 Å². The average Bonchev–Trinajstić information content (AvgIpc) is 3.78. The highest BCUT2D eigenvalue weighted by atomic mass is 35.5. The van der Waals surface area contributed by atoms with Gasteiger partial charge in [0.1, 0.15) is 46.3 Å². The monoisotopic (exact) mass is 959 g/mol. The van der Waals surface area contributed by atoms with Crippen LogP contribution < -0.4 is 20.3 Å². The first-order valence-corrected chi connectivity index (χ1v) is 22.1. The fourth-order valence-electron chi connectivity index (χ4n) is 8.50. The lowest BCUT2D eigenvalue weighted by molar-refractivity contribution is -0.123. The predicted molar refractivity (Wildman–Crippen MR) is 226 cm³/mol. The Morgan fingerprint density at radius 2 is 1.71 bits per heavy atom. The van der Waals surface area contributed by atoms with Crippen molar-refractivity contribution in [2.24, 2.45) is 13.0 Å². The molecule has 3 aromatic carbocycles. The molecule has 7 aromatic rings. The molecule has 3 atom stereocenters. The number of anilines is 1. The number of aryl methyl sites for hydroxylation is 2. The molecule has 9 rings (SSSR count). The number of fused-ring (bicyclic) bond motifs is 5. The summed E-state index contributed by atoms with van der Waals surface area (Å²) in [7, 11) is -1.15. The van der Waals surface area contributed by atoms with Crippen molar-refractivity contribution in [3.05, 3.63) is 133 Å². The summed E-state index contributed by atoms with van der Waals surface area (Å²) in [4.78, 5) is 37.7. The quantitative estimate of drug-likeness (QED) is 0.0821. The number of aromatic nitrogens is 7. The first-order chi connectivity index (χ1) is 30.8. The van der Waals surface area contributed by atoms with Gasteiger partial charge in [-0.1, -0.05) is 35.3 Å². The van der Waals surface area contributed by atoms with Crippen LogP contribution in [0.4, 0.5) is 32.2 Å². The first kappa shape index (κ1) is 44.0. The smallest absolute Gasteiger partial charge is 0.293 e. The number of ether oxygens (including phenoxy) is 1. The minimum atomic E-state index is -4.10. The molecular formula is C42H33Cl2F6N9O5S. The summed E-state index contributed by atoms with van der Waals surface area (Å²) in [6, 6.07) is 13.2. The summed E-state index contributed by atoms with van der Waals surface area (Å²) < 4.78 is 126. The number of nitrogens with zero attached hydrogens (tertiary/aromatic N) is 7. The van der Waals surface area contributed by atoms with Crippen LogP contribution in [-0.4, -0.2) is 61.3 Å². The number of amides is 1. The van der Waals surface area contributed by atoms with Crippen LogP contribution in [0.15, 0.2) is 71.5 Å². The molecule has 1 amide bonds. The van der Waals surface area contributed by atoms with Gasteiger partial charge in [0.05, 0.1) is 45.9 Å². The zero-order valence-corrected chi connectivity index (χ0v) is 36.1. The Balaban J connectivity index is 1.16. The van der Waals surface area contributed by atoms with Gasteiger partial charge in [0, 0.05) is 31.0 Å². The van der Waals surface area contributed by atoms with Crippen LogP contribution in [0, 0.1) is 17.6 Å². The Morgan fingerprint density at radius 1 is 0.985 bits per heavy atom. The molecule has 2 aliphatic rings. The zero-order valence-electron chi connectivity index (χ0n) is 33.8. The van der Waals surface area contributed by atoms with E-state index in [1.165, 1.54) is 43.1 Å². The van der Waals surface area contributed by atoms with Crippen LogP contribution >= 0.6 is 23.2 Å². The zero-order chi connectivity index (χ0) is 46.3. The summed E-state index contributed by atoms with van der Waals surface area (Å²) in [5.74, 6) is -9.01. The summed E-state index contributed by atoms with van der Waals surface area (Å²) >= 11 is 13.0. The summed E-state index contributed by atoms with van der Waals surface area (Å²) in [5, 5.41) is 10.6. The van der Waals surface area contributed by atoms with Crippen LogP contribution in [0.2, 0.25) is 10.2 Å². The van der Waals surface area contributed by atoms with E-state index in [-0.39, 0.29) is 79.2 Å². The van der Waals surface area contributed by atoms with Gasteiger partial charge in [-0.2, -0.15) is 19.0 Å². The number of rotatable bonds is 14. The summed E-state index contributed by atoms with van der Waals surface area (Å²) in [5.41, 5.74) is -2.33. The van der Waals surface area contributed by atoms with Crippen molar-refractivity contribution in [1.82, 2.24) is 39.4 Å². The molecule has 4 heterocycles. The number of benzene rings is 3. The van der Waals surface area contributed by atoms with Gasteiger partial charge in [-0.15, -0.1) is 0 Å². The summed E-state index contributed by atoms with van der Waals surface area (Å²) in [6.07, 6.45) is -3.61. The number of carbonyl (C=O) groups is 1. The molecule has 2 aliphatic carbocycles. The molecule has 338 valence electrons. The second kappa shape index (κ2) is 16.4. The fraction of sp³-hybridized carbons (Fsp3) is 0.286. The van der Waals surface area contributed by atoms with E-state index in [1.807, 2.05) is 0 Å². The van der Waals surface area contributed by atoms with Gasteiger partial charge in [-0.05, 0) is 78.4 Å². The van der Waals surface area contributed by atoms with Gasteiger partial charge in [0.15, 0.2) is 11.5 Å². The number of hydrogen-bond donors (Lipinski definition) is 2. The van der Waals surface area contributed by atoms with E-state index in [2.05, 4.69) is 30.2 Å². The second-order valence-electron chi connectivity index (χ2n) is 15.7. The molecule has 0 unspecified atom stereocenters. The molecule has 2 N–H and O–H groups in total. The highest BCUT2D eigenvalue weighted by molar-refractivity contribution is 7.92. The lowest BCUT2D eigenvalue weighted by Crippen LogP contribution is -2.38. The Morgan fingerprint density at radius 3 is 2.40 bits per heavy atom. The average molecular weight is 961 g/mol. The highest BCUT2D eigenvalue weighted by Crippen LogP contribution is 2.68. The van der Waals surface area contributed by atoms with Crippen molar-refractivity contribution in [1.29, 1.82) is 0 Å². The molecule has 0 radical (unpaired) electrons. The topological polar surface area (TPSA) is 168 Å². The van der Waals surface area contributed by atoms with E-state index >= 15 is 8.78 Å². The van der Waals surface area contributed by atoms with E-state index in [0.29, 0.717) is 22.1 Å². The molecule has 4 aromatic heterocycles. The molecule has 23 heteroatoms. The van der Waals surface area contributed by atoms with Crippen LogP contribution in [0.3, 0.4) is 0 Å². The van der Waals surface area contributed by atoms with Crippen molar-refractivity contribution in [2.45, 2.75) is 50.1 Å². The van der Waals surface area contributed by atoms with E-state index in [4.69, 9.17) is 27.9 Å². The number of sulfonamides is 1. The first-order valence-electron chi connectivity index (χ1n) is 19.7. The molecule has 14 nitrogen and oxygen atoms in total. The van der Waals surface area contributed by atoms with Crippen molar-refractivity contribution < 1.29 is 44.3 Å². The van der Waals surface area contributed by atoms with Gasteiger partial charge in [-0.3, -0.25) is 28.2 Å². The van der Waals surface area contributed by atoms with Crippen LogP contribution in [0.5, 0.6) is 5.75 Å². The lowest BCUT2D eigenvalue weighted by Gasteiger charge is -2.24. The SMILES string of the molecule is COc1ccc(CCS(=O)(=O)Nc2nn(C)c3c(-n4c([C@H](Cc5cc(F)cc(F)c5)NC(=O)Cn5nc(C(F)F)c6c5C(F)(F)[C@@H]5C[C@H]65)nc5nc(Cl)ccc5c4=O)ccc(Cl)c23)cc1. The third-order valence-electron chi connectivity index (χ3n) is 11.4. The molecule has 65 heavy (non-hydrogen) atoms. The molecule has 0 saturated heterocycles. The largest absolute Gasteiger partial charge is 0.497 e. The fourth-order valence-corrected chi connectivity index (χ4v) is 9.93. The maximum atomic E-state index is 15.5.